The number of nitrogens with one attached hydrogen (secondary N) is 1. The van der Waals surface area contributed by atoms with Gasteiger partial charge >= 0.3 is 0 Å². The van der Waals surface area contributed by atoms with Crippen LogP contribution in [0.4, 0.5) is 5.13 Å². The Kier molecular flexibility index (Phi) is 2.05. The molecule has 1 aromatic heterocycles. The van der Waals surface area contributed by atoms with E-state index in [9.17, 15) is 0 Å². The molecule has 0 unspecified atom stereocenters. The standard InChI is InChI=1S/C6H10N2S/c1-3-5-4-8-6(7-2)9-5/h4H,3H2,1-2H3,(H,7,8). The Morgan fingerprint density at radius 3 is 2.89 bits per heavy atom. The first kappa shape index (κ1) is 6.55. The predicted octanol–water partition coefficient (Wildman–Crippen LogP) is 1.75. The largest absolute Gasteiger partial charge is 0.365 e. The third-order valence-electron chi connectivity index (χ3n) is 1.12. The topological polar surface area (TPSA) is 24.9 Å². The van der Waals surface area contributed by atoms with Gasteiger partial charge in [0.15, 0.2) is 5.13 Å². The molecule has 50 valence electrons. The van der Waals surface area contributed by atoms with Crippen LogP contribution in [0.25, 0.3) is 0 Å². The Balaban J connectivity index is 2.74. The lowest BCUT2D eigenvalue weighted by Gasteiger charge is -1.86. The fraction of sp³-hybridized carbons (Fsp3) is 0.500. The highest BCUT2D eigenvalue weighted by Gasteiger charge is 1.94. The molecular weight excluding hydrogens is 132 g/mol. The number of anilines is 1. The summed E-state index contributed by atoms with van der Waals surface area (Å²) < 4.78 is 0. The Morgan fingerprint density at radius 2 is 2.56 bits per heavy atom. The molecule has 0 bridgehead atoms. The highest BCUT2D eigenvalue weighted by atomic mass is 32.1. The van der Waals surface area contributed by atoms with Crippen LogP contribution in [0.3, 0.4) is 0 Å². The van der Waals surface area contributed by atoms with Crippen LogP contribution < -0.4 is 5.32 Å². The number of hydrogen-bond donors (Lipinski definition) is 1. The maximum absolute atomic E-state index is 4.11. The van der Waals surface area contributed by atoms with Crippen molar-refractivity contribution in [2.75, 3.05) is 12.4 Å². The summed E-state index contributed by atoms with van der Waals surface area (Å²) >= 11 is 1.71. The summed E-state index contributed by atoms with van der Waals surface area (Å²) in [5, 5.41) is 4.00. The first-order valence-electron chi connectivity index (χ1n) is 2.99. The Bertz CT molecular complexity index is 164. The molecule has 0 aliphatic heterocycles. The SMILES string of the molecule is CCc1cnc(NC)s1. The van der Waals surface area contributed by atoms with Crippen molar-refractivity contribution in [3.05, 3.63) is 11.1 Å². The molecule has 0 fully saturated rings. The minimum absolute atomic E-state index is 1.01. The van der Waals surface area contributed by atoms with E-state index in [1.54, 1.807) is 11.3 Å². The summed E-state index contributed by atoms with van der Waals surface area (Å²) in [5.74, 6) is 0. The molecule has 1 rings (SSSR count). The van der Waals surface area contributed by atoms with Crippen molar-refractivity contribution < 1.29 is 0 Å². The molecule has 0 aliphatic carbocycles. The fourth-order valence-corrected chi connectivity index (χ4v) is 1.29. The van der Waals surface area contributed by atoms with E-state index >= 15 is 0 Å². The average molecular weight is 142 g/mol. The zero-order chi connectivity index (χ0) is 6.69. The normalized spacial score (nSPS) is 9.56. The minimum Gasteiger partial charge on any atom is -0.365 e. The van der Waals surface area contributed by atoms with Crippen LogP contribution in [-0.4, -0.2) is 12.0 Å². The second-order valence-electron chi connectivity index (χ2n) is 1.74. The summed E-state index contributed by atoms with van der Waals surface area (Å²) in [4.78, 5) is 5.45. The van der Waals surface area contributed by atoms with E-state index in [2.05, 4.69) is 17.2 Å². The predicted molar refractivity (Wildman–Crippen MR) is 41.0 cm³/mol. The molecule has 0 spiro atoms. The second kappa shape index (κ2) is 2.82. The first-order valence-corrected chi connectivity index (χ1v) is 3.81. The van der Waals surface area contributed by atoms with Crippen LogP contribution in [0.15, 0.2) is 6.20 Å². The van der Waals surface area contributed by atoms with E-state index < -0.39 is 0 Å². The molecule has 1 N–H and O–H groups in total. The minimum atomic E-state index is 1.01. The van der Waals surface area contributed by atoms with Gasteiger partial charge in [-0.2, -0.15) is 0 Å². The van der Waals surface area contributed by atoms with Crippen LogP contribution >= 0.6 is 11.3 Å². The third-order valence-corrected chi connectivity index (χ3v) is 2.28. The second-order valence-corrected chi connectivity index (χ2v) is 2.85. The van der Waals surface area contributed by atoms with Crippen LogP contribution in [0, 0.1) is 0 Å². The van der Waals surface area contributed by atoms with E-state index in [-0.39, 0.29) is 0 Å². The van der Waals surface area contributed by atoms with Crippen molar-refractivity contribution >= 4 is 16.5 Å². The highest BCUT2D eigenvalue weighted by Crippen LogP contribution is 2.16. The molecule has 0 aliphatic rings. The summed E-state index contributed by atoms with van der Waals surface area (Å²) in [6, 6.07) is 0. The first-order chi connectivity index (χ1) is 4.36. The van der Waals surface area contributed by atoms with Gasteiger partial charge in [0.2, 0.25) is 0 Å². The van der Waals surface area contributed by atoms with Crippen LogP contribution in [0.5, 0.6) is 0 Å². The lowest BCUT2D eigenvalue weighted by atomic mass is 10.4. The number of hydrogen-bond acceptors (Lipinski definition) is 3. The molecule has 0 aromatic carbocycles. The number of aryl methyl sites for hydroxylation is 1. The summed E-state index contributed by atoms with van der Waals surface area (Å²) in [5.41, 5.74) is 0. The van der Waals surface area contributed by atoms with E-state index in [4.69, 9.17) is 0 Å². The molecule has 0 atom stereocenters. The van der Waals surface area contributed by atoms with E-state index in [0.717, 1.165) is 11.6 Å². The monoisotopic (exact) mass is 142 g/mol. The highest BCUT2D eigenvalue weighted by molar-refractivity contribution is 7.15. The summed E-state index contributed by atoms with van der Waals surface area (Å²) in [6.45, 7) is 2.13. The molecule has 0 saturated heterocycles. The maximum atomic E-state index is 4.11. The molecule has 0 amide bonds. The van der Waals surface area contributed by atoms with Crippen LogP contribution in [-0.2, 0) is 6.42 Å². The van der Waals surface area contributed by atoms with E-state index in [1.165, 1.54) is 4.88 Å². The Hall–Kier alpha value is -0.570. The van der Waals surface area contributed by atoms with Crippen molar-refractivity contribution in [1.82, 2.24) is 4.98 Å². The van der Waals surface area contributed by atoms with Gasteiger partial charge in [-0.25, -0.2) is 4.98 Å². The van der Waals surface area contributed by atoms with Crippen molar-refractivity contribution in [2.24, 2.45) is 0 Å². The van der Waals surface area contributed by atoms with Crippen molar-refractivity contribution in [1.29, 1.82) is 0 Å². The van der Waals surface area contributed by atoms with E-state index in [1.807, 2.05) is 13.2 Å². The Morgan fingerprint density at radius 1 is 1.78 bits per heavy atom. The number of aromatic nitrogens is 1. The van der Waals surface area contributed by atoms with Crippen molar-refractivity contribution in [3.8, 4) is 0 Å². The molecule has 3 heteroatoms. The molecular formula is C6H10N2S. The number of thiazole rings is 1. The van der Waals surface area contributed by atoms with E-state index in [0.29, 0.717) is 0 Å². The van der Waals surface area contributed by atoms with Gasteiger partial charge in [0, 0.05) is 18.1 Å². The third kappa shape index (κ3) is 1.42. The summed E-state index contributed by atoms with van der Waals surface area (Å²) in [7, 11) is 1.89. The van der Waals surface area contributed by atoms with Crippen molar-refractivity contribution in [2.45, 2.75) is 13.3 Å². The molecule has 0 radical (unpaired) electrons. The molecule has 9 heavy (non-hydrogen) atoms. The number of rotatable bonds is 2. The van der Waals surface area contributed by atoms with Gasteiger partial charge in [0.25, 0.3) is 0 Å². The Labute approximate surface area is 58.9 Å². The van der Waals surface area contributed by atoms with Gasteiger partial charge in [-0.05, 0) is 6.42 Å². The number of nitrogens with zero attached hydrogens (tertiary/aromatic N) is 1. The van der Waals surface area contributed by atoms with Gasteiger partial charge in [-0.15, -0.1) is 11.3 Å². The molecule has 2 nitrogen and oxygen atoms in total. The van der Waals surface area contributed by atoms with Crippen molar-refractivity contribution in [3.63, 3.8) is 0 Å². The zero-order valence-electron chi connectivity index (χ0n) is 5.64. The molecule has 0 saturated carbocycles. The molecule has 1 aromatic rings. The maximum Gasteiger partial charge on any atom is 0.182 e. The van der Waals surface area contributed by atoms with Crippen LogP contribution in [0.1, 0.15) is 11.8 Å². The smallest absolute Gasteiger partial charge is 0.182 e. The lowest BCUT2D eigenvalue weighted by molar-refractivity contribution is 1.17. The zero-order valence-corrected chi connectivity index (χ0v) is 6.46. The molecule has 1 heterocycles. The van der Waals surface area contributed by atoms with Gasteiger partial charge < -0.3 is 5.32 Å². The average Bonchev–Trinajstić information content (AvgIpc) is 2.34. The summed E-state index contributed by atoms with van der Waals surface area (Å²) in [6.07, 6.45) is 3.00. The quantitative estimate of drug-likeness (QED) is 0.680. The van der Waals surface area contributed by atoms with Crippen LogP contribution in [0.2, 0.25) is 0 Å². The van der Waals surface area contributed by atoms with Gasteiger partial charge in [0.05, 0.1) is 0 Å². The van der Waals surface area contributed by atoms with Gasteiger partial charge in [0.1, 0.15) is 0 Å². The fourth-order valence-electron chi connectivity index (χ4n) is 0.587. The lowest BCUT2D eigenvalue weighted by Crippen LogP contribution is -1.83. The van der Waals surface area contributed by atoms with Gasteiger partial charge in [-0.1, -0.05) is 6.92 Å². The van der Waals surface area contributed by atoms with Gasteiger partial charge in [-0.3, -0.25) is 0 Å².